The van der Waals surface area contributed by atoms with Gasteiger partial charge < -0.3 is 15.2 Å². The Labute approximate surface area is 177 Å². The molecule has 31 heavy (non-hydrogen) atoms. The van der Waals surface area contributed by atoms with Crippen LogP contribution in [0.25, 0.3) is 21.1 Å². The van der Waals surface area contributed by atoms with Crippen molar-refractivity contribution in [1.29, 1.82) is 0 Å². The van der Waals surface area contributed by atoms with Gasteiger partial charge in [-0.1, -0.05) is 0 Å². The monoisotopic (exact) mass is 456 g/mol. The topological polar surface area (TPSA) is 84.1 Å². The molecule has 0 amide bonds. The molecule has 0 radical (unpaired) electrons. The minimum Gasteiger partial charge on any atom is -0.365 e. The number of anilines is 1. The van der Waals surface area contributed by atoms with E-state index in [1.165, 1.54) is 9.47 Å². The van der Waals surface area contributed by atoms with Crippen molar-refractivity contribution in [2.24, 2.45) is 11.7 Å². The first kappa shape index (κ1) is 20.5. The first-order valence-corrected chi connectivity index (χ1v) is 11.0. The van der Waals surface area contributed by atoms with Crippen LogP contribution in [0.4, 0.5) is 23.2 Å². The highest BCUT2D eigenvalue weighted by Crippen LogP contribution is 2.43. The number of pyridine rings is 1. The predicted octanol–water partition coefficient (Wildman–Crippen LogP) is 3.17. The molecule has 1 saturated carbocycles. The average Bonchev–Trinajstić information content (AvgIpc) is 3.50. The molecule has 1 saturated heterocycles. The molecule has 11 heteroatoms. The van der Waals surface area contributed by atoms with Gasteiger partial charge in [-0.2, -0.15) is 0 Å². The lowest BCUT2D eigenvalue weighted by molar-refractivity contribution is 0.295. The Hall–Kier alpha value is -2.40. The molecule has 2 unspecified atom stereocenters. The van der Waals surface area contributed by atoms with Crippen LogP contribution in [0.15, 0.2) is 9.59 Å². The Morgan fingerprint density at radius 3 is 2.45 bits per heavy atom. The molecule has 2 atom stereocenters. The maximum absolute atomic E-state index is 15.8. The quantitative estimate of drug-likeness (QED) is 0.467. The van der Waals surface area contributed by atoms with E-state index in [2.05, 4.69) is 4.37 Å². The molecule has 3 N–H and O–H groups in total. The van der Waals surface area contributed by atoms with E-state index in [0.717, 1.165) is 11.5 Å². The molecule has 6 nitrogen and oxygen atoms in total. The van der Waals surface area contributed by atoms with Gasteiger partial charge in [0.05, 0.1) is 17.6 Å². The largest absolute Gasteiger partial charge is 0.365 e. The molecular weight excluding hydrogens is 436 g/mol. The summed E-state index contributed by atoms with van der Waals surface area (Å²) in [4.78, 5) is 26.6. The van der Waals surface area contributed by atoms with Crippen molar-refractivity contribution in [3.05, 3.63) is 38.0 Å². The number of rotatable bonds is 4. The van der Waals surface area contributed by atoms with Crippen LogP contribution < -0.4 is 21.6 Å². The lowest BCUT2D eigenvalue weighted by Crippen LogP contribution is -2.49. The van der Waals surface area contributed by atoms with Gasteiger partial charge in [0.15, 0.2) is 17.5 Å². The zero-order valence-electron chi connectivity index (χ0n) is 16.4. The number of hydrogen-bond acceptors (Lipinski definition) is 5. The number of benzene rings is 1. The molecule has 1 aliphatic carbocycles. The SMILES string of the molecule is NC1CN(c2c(F)c(F)c3c(=O)c4c(=O)[nH]sc4n(C4CC4)c3c2F)CCC1CCF. The van der Waals surface area contributed by atoms with Crippen molar-refractivity contribution in [1.82, 2.24) is 8.94 Å². The maximum atomic E-state index is 15.8. The second-order valence-corrected chi connectivity index (χ2v) is 9.09. The number of fused-ring (bicyclic) bond motifs is 2. The zero-order chi connectivity index (χ0) is 22.0. The number of nitrogens with two attached hydrogens (primary N) is 1. The summed E-state index contributed by atoms with van der Waals surface area (Å²) < 4.78 is 62.8. The third-order valence-corrected chi connectivity index (χ3v) is 7.26. The normalized spacial score (nSPS) is 22.0. The van der Waals surface area contributed by atoms with Crippen LogP contribution in [0.1, 0.15) is 31.7 Å². The van der Waals surface area contributed by atoms with Gasteiger partial charge in [-0.15, -0.1) is 0 Å². The molecule has 1 aliphatic heterocycles. The first-order chi connectivity index (χ1) is 14.8. The summed E-state index contributed by atoms with van der Waals surface area (Å²) >= 11 is 0.878. The number of aromatic amines is 1. The van der Waals surface area contributed by atoms with Crippen LogP contribution in [-0.4, -0.2) is 34.7 Å². The van der Waals surface area contributed by atoms with E-state index in [9.17, 15) is 14.0 Å². The highest BCUT2D eigenvalue weighted by atomic mass is 32.1. The van der Waals surface area contributed by atoms with Crippen LogP contribution in [0.5, 0.6) is 0 Å². The van der Waals surface area contributed by atoms with Gasteiger partial charge in [-0.3, -0.25) is 18.4 Å². The molecule has 3 heterocycles. The van der Waals surface area contributed by atoms with Gasteiger partial charge >= 0.3 is 0 Å². The Bertz CT molecular complexity index is 1310. The van der Waals surface area contributed by atoms with Crippen LogP contribution in [-0.2, 0) is 0 Å². The Morgan fingerprint density at radius 1 is 1.06 bits per heavy atom. The summed E-state index contributed by atoms with van der Waals surface area (Å²) in [7, 11) is 0. The van der Waals surface area contributed by atoms with Gasteiger partial charge in [0, 0.05) is 25.2 Å². The zero-order valence-corrected chi connectivity index (χ0v) is 17.2. The molecule has 2 fully saturated rings. The van der Waals surface area contributed by atoms with Gasteiger partial charge in [-0.25, -0.2) is 13.2 Å². The molecule has 3 aromatic rings. The van der Waals surface area contributed by atoms with Crippen LogP contribution in [0.3, 0.4) is 0 Å². The van der Waals surface area contributed by atoms with E-state index in [0.29, 0.717) is 19.3 Å². The van der Waals surface area contributed by atoms with Gasteiger partial charge in [0.25, 0.3) is 5.56 Å². The Kier molecular flexibility index (Phi) is 4.85. The number of hydrogen-bond donors (Lipinski definition) is 2. The minimum absolute atomic E-state index is 0.0385. The third-order valence-electron chi connectivity index (χ3n) is 6.38. The van der Waals surface area contributed by atoms with E-state index >= 15 is 13.2 Å². The Morgan fingerprint density at radius 2 is 1.81 bits per heavy atom. The van der Waals surface area contributed by atoms with Gasteiger partial charge in [0.1, 0.15) is 15.9 Å². The fourth-order valence-electron chi connectivity index (χ4n) is 4.65. The first-order valence-electron chi connectivity index (χ1n) is 10.2. The number of nitrogens with zero attached hydrogens (tertiary/aromatic N) is 2. The summed E-state index contributed by atoms with van der Waals surface area (Å²) in [5, 5.41) is -1.04. The molecule has 2 aliphatic rings. The molecular formula is C20H20F4N4O2S. The van der Waals surface area contributed by atoms with E-state index in [4.69, 9.17) is 5.73 Å². The summed E-state index contributed by atoms with van der Waals surface area (Å²) in [5.41, 5.74) is 3.46. The fourth-order valence-corrected chi connectivity index (χ4v) is 5.57. The van der Waals surface area contributed by atoms with Gasteiger partial charge in [-0.05, 0) is 43.1 Å². The highest BCUT2D eigenvalue weighted by Gasteiger charge is 2.36. The van der Waals surface area contributed by atoms with E-state index in [-0.39, 0.29) is 47.2 Å². The Balaban J connectivity index is 1.77. The molecule has 166 valence electrons. The lowest BCUT2D eigenvalue weighted by Gasteiger charge is -2.38. The van der Waals surface area contributed by atoms with E-state index in [1.54, 1.807) is 0 Å². The van der Waals surface area contributed by atoms with Crippen LogP contribution in [0.2, 0.25) is 0 Å². The third kappa shape index (κ3) is 3.00. The lowest BCUT2D eigenvalue weighted by atomic mass is 9.89. The predicted molar refractivity (Wildman–Crippen MR) is 111 cm³/mol. The minimum atomic E-state index is -1.48. The van der Waals surface area contributed by atoms with Gasteiger partial charge in [0.2, 0.25) is 5.43 Å². The smallest absolute Gasteiger partial charge is 0.271 e. The van der Waals surface area contributed by atoms with Crippen LogP contribution in [0, 0.1) is 23.4 Å². The number of halogens is 4. The van der Waals surface area contributed by atoms with Crippen molar-refractivity contribution in [3.8, 4) is 0 Å². The summed E-state index contributed by atoms with van der Waals surface area (Å²) in [6.07, 6.45) is 2.02. The standard InChI is InChI=1S/C20H20F4N4O2S/c21-5-3-8-4-6-27(7-10(8)25)17-14(23)13(22)11-16(15(17)24)28(9-1-2-9)20-12(18(11)29)19(30)26-31-20/h8-10H,1-7,25H2,(H,26,30). The number of aromatic nitrogens is 2. The molecule has 1 aromatic carbocycles. The summed E-state index contributed by atoms with van der Waals surface area (Å²) in [5.74, 6) is -4.12. The number of piperidine rings is 1. The molecule has 0 bridgehead atoms. The van der Waals surface area contributed by atoms with Crippen LogP contribution >= 0.6 is 11.5 Å². The van der Waals surface area contributed by atoms with Crippen molar-refractivity contribution < 1.29 is 17.6 Å². The average molecular weight is 456 g/mol. The molecule has 2 aromatic heterocycles. The fraction of sp³-hybridized carbons (Fsp3) is 0.500. The maximum Gasteiger partial charge on any atom is 0.271 e. The summed E-state index contributed by atoms with van der Waals surface area (Å²) in [6.45, 7) is -0.309. The molecule has 0 spiro atoms. The number of H-pyrrole nitrogens is 1. The second kappa shape index (κ2) is 7.33. The second-order valence-electron chi connectivity index (χ2n) is 8.29. The van der Waals surface area contributed by atoms with Crippen molar-refractivity contribution in [2.75, 3.05) is 24.7 Å². The van der Waals surface area contributed by atoms with Crippen molar-refractivity contribution >= 4 is 38.3 Å². The van der Waals surface area contributed by atoms with Crippen molar-refractivity contribution in [3.63, 3.8) is 0 Å². The van der Waals surface area contributed by atoms with E-state index in [1.807, 2.05) is 0 Å². The van der Waals surface area contributed by atoms with Crippen molar-refractivity contribution in [2.45, 2.75) is 37.8 Å². The summed E-state index contributed by atoms with van der Waals surface area (Å²) in [6, 6.07) is -0.730. The highest BCUT2D eigenvalue weighted by molar-refractivity contribution is 7.12. The number of nitrogens with one attached hydrogen (secondary N) is 1. The van der Waals surface area contributed by atoms with E-state index < -0.39 is 52.2 Å². The number of alkyl halides is 1. The molecule has 5 rings (SSSR count).